The number of aromatic carboxylic acids is 1. The van der Waals surface area contributed by atoms with Crippen LogP contribution in [0.25, 0.3) is 21.9 Å². The summed E-state index contributed by atoms with van der Waals surface area (Å²) in [5, 5.41) is 36.9. The van der Waals surface area contributed by atoms with E-state index >= 15 is 0 Å². The average molecular weight is 932 g/mol. The van der Waals surface area contributed by atoms with Crippen molar-refractivity contribution in [3.8, 4) is 0 Å². The van der Waals surface area contributed by atoms with Gasteiger partial charge in [-0.1, -0.05) is 0 Å². The second-order valence-corrected chi connectivity index (χ2v) is 16.7. The third-order valence-electron chi connectivity index (χ3n) is 11.9. The Kier molecular flexibility index (Phi) is 14.1. The van der Waals surface area contributed by atoms with E-state index in [0.717, 1.165) is 24.3 Å². The lowest BCUT2D eigenvalue weighted by molar-refractivity contribution is 0.0103. The maximum absolute atomic E-state index is 13.8. The normalized spacial score (nSPS) is 18.1. The maximum Gasteiger partial charge on any atom is 0.335 e. The van der Waals surface area contributed by atoms with E-state index < -0.39 is 53.7 Å². The zero-order valence-electron chi connectivity index (χ0n) is 36.6. The zero-order chi connectivity index (χ0) is 47.5. The molecule has 5 N–H and O–H groups in total. The number of morpholine rings is 2. The van der Waals surface area contributed by atoms with Gasteiger partial charge in [-0.2, -0.15) is 0 Å². The third-order valence-corrected chi connectivity index (χ3v) is 11.9. The molecule has 5 heterocycles. The molecule has 15 nitrogen and oxygen atoms in total. The van der Waals surface area contributed by atoms with E-state index in [1.807, 2.05) is 9.80 Å². The number of anilines is 4. The quantitative estimate of drug-likeness (QED) is 0.0842. The molecule has 0 spiro atoms. The number of nitrogens with zero attached hydrogens (tertiary/aromatic N) is 3. The lowest BCUT2D eigenvalue weighted by Crippen LogP contribution is -2.36. The lowest BCUT2D eigenvalue weighted by atomic mass is 9.99. The average Bonchev–Trinajstić information content (AvgIpc) is 3.74. The molecule has 3 saturated heterocycles. The molecule has 3 aliphatic heterocycles. The number of hydrogen-bond acceptors (Lipinski definition) is 14. The molecule has 3 fully saturated rings. The first kappa shape index (κ1) is 47.0. The van der Waals surface area contributed by atoms with Crippen LogP contribution in [0.2, 0.25) is 0 Å². The molecule has 0 aliphatic carbocycles. The summed E-state index contributed by atoms with van der Waals surface area (Å²) in [6.45, 7) is 8.58. The van der Waals surface area contributed by atoms with Crippen molar-refractivity contribution in [1.82, 2.24) is 4.90 Å². The van der Waals surface area contributed by atoms with Gasteiger partial charge in [0.15, 0.2) is 22.6 Å². The van der Waals surface area contributed by atoms with E-state index in [4.69, 9.17) is 18.3 Å². The molecule has 6 aromatic rings. The molecule has 4 atom stereocenters. The molecular weight excluding hydrogens is 883 g/mol. The molecular formula is C48H49F4N5O10. The second-order valence-electron chi connectivity index (χ2n) is 16.7. The Bertz CT molecular complexity index is 2860. The van der Waals surface area contributed by atoms with Crippen LogP contribution in [-0.4, -0.2) is 98.0 Å². The molecule has 2 aromatic heterocycles. The van der Waals surface area contributed by atoms with Crippen LogP contribution in [-0.2, 0) is 9.47 Å². The number of rotatable bonds is 11. The summed E-state index contributed by atoms with van der Waals surface area (Å²) in [5.74, 6) is -3.37. The number of halogens is 4. The Morgan fingerprint density at radius 1 is 0.642 bits per heavy atom. The molecule has 19 heteroatoms. The number of carboxylic acid groups (broad SMARTS) is 1. The van der Waals surface area contributed by atoms with Crippen LogP contribution in [0.3, 0.4) is 0 Å². The Morgan fingerprint density at radius 3 is 1.52 bits per heavy atom. The van der Waals surface area contributed by atoms with Gasteiger partial charge in [-0.15, -0.1) is 0 Å². The summed E-state index contributed by atoms with van der Waals surface area (Å²) in [6, 6.07) is 13.8. The number of hydrogen-bond donors (Lipinski definition) is 5. The molecule has 67 heavy (non-hydrogen) atoms. The van der Waals surface area contributed by atoms with E-state index in [0.29, 0.717) is 106 Å². The number of nitrogens with one attached hydrogen (secondary N) is 2. The summed E-state index contributed by atoms with van der Waals surface area (Å²) in [6.07, 6.45) is -1.02. The number of aliphatic hydroxyl groups is 2. The first-order chi connectivity index (χ1) is 32.1. The van der Waals surface area contributed by atoms with Crippen molar-refractivity contribution in [3.05, 3.63) is 139 Å². The van der Waals surface area contributed by atoms with Gasteiger partial charge in [0.25, 0.3) is 0 Å². The highest BCUT2D eigenvalue weighted by Gasteiger charge is 2.29. The number of fused-ring (bicyclic) bond motifs is 2. The Balaban J connectivity index is 0.000000184. The first-order valence-corrected chi connectivity index (χ1v) is 21.8. The van der Waals surface area contributed by atoms with Crippen molar-refractivity contribution < 1.29 is 56.0 Å². The Hall–Kier alpha value is -6.51. The monoisotopic (exact) mass is 931 g/mol. The SMILES string of the molecule is CC(Nc1cc(F)cc(F)c1)c1cc(C(=O)O)cc2c(=O)cc(N3CCOCC3)oc12.CC(Nc1cc(F)cc(F)c1)c1cc(C(O)N2CC[C@H](O)C2)cc2c(=O)cc(N3CCOCC3)oc12. The summed E-state index contributed by atoms with van der Waals surface area (Å²) in [4.78, 5) is 43.2. The summed E-state index contributed by atoms with van der Waals surface area (Å²) >= 11 is 0. The highest BCUT2D eigenvalue weighted by molar-refractivity contribution is 5.94. The topological polar surface area (TPSA) is 190 Å². The third kappa shape index (κ3) is 10.9. The van der Waals surface area contributed by atoms with Gasteiger partial charge in [0, 0.05) is 86.0 Å². The first-order valence-electron chi connectivity index (χ1n) is 21.8. The van der Waals surface area contributed by atoms with Gasteiger partial charge in [-0.25, -0.2) is 22.4 Å². The van der Waals surface area contributed by atoms with Crippen LogP contribution in [0, 0.1) is 23.3 Å². The summed E-state index contributed by atoms with van der Waals surface area (Å²) in [5.41, 5.74) is 1.62. The molecule has 4 aromatic carbocycles. The molecule has 0 radical (unpaired) electrons. The van der Waals surface area contributed by atoms with Crippen LogP contribution >= 0.6 is 0 Å². The van der Waals surface area contributed by atoms with Gasteiger partial charge in [0.2, 0.25) is 0 Å². The van der Waals surface area contributed by atoms with E-state index in [1.54, 1.807) is 30.9 Å². The number of carbonyl (C=O) groups is 1. The van der Waals surface area contributed by atoms with Gasteiger partial charge >= 0.3 is 5.97 Å². The van der Waals surface area contributed by atoms with E-state index in [2.05, 4.69) is 10.6 Å². The minimum atomic E-state index is -1.20. The smallest absolute Gasteiger partial charge is 0.335 e. The molecule has 0 saturated carbocycles. The van der Waals surface area contributed by atoms with Crippen LogP contribution < -0.4 is 31.3 Å². The number of aliphatic hydroxyl groups excluding tert-OH is 2. The fraction of sp³-hybridized carbons (Fsp3) is 0.354. The van der Waals surface area contributed by atoms with Crippen molar-refractivity contribution in [1.29, 1.82) is 0 Å². The largest absolute Gasteiger partial charge is 0.478 e. The van der Waals surface area contributed by atoms with E-state index in [-0.39, 0.29) is 44.2 Å². The molecule has 0 bridgehead atoms. The van der Waals surface area contributed by atoms with E-state index in [9.17, 15) is 47.3 Å². The fourth-order valence-electron chi connectivity index (χ4n) is 8.49. The predicted molar refractivity (Wildman–Crippen MR) is 242 cm³/mol. The van der Waals surface area contributed by atoms with Crippen LogP contribution in [0.1, 0.15) is 65.6 Å². The van der Waals surface area contributed by atoms with Crippen molar-refractivity contribution in [2.75, 3.05) is 86.1 Å². The van der Waals surface area contributed by atoms with Crippen molar-refractivity contribution in [2.45, 2.75) is 44.7 Å². The lowest BCUT2D eigenvalue weighted by Gasteiger charge is -2.28. The minimum absolute atomic E-state index is 0.0898. The molecule has 9 rings (SSSR count). The molecule has 354 valence electrons. The van der Waals surface area contributed by atoms with Gasteiger partial charge in [-0.05, 0) is 74.4 Å². The standard InChI is InChI=1S/C26H29F2N3O5.C22H20F2N2O5/c1-15(29-19-11-17(27)10-18(28)12-19)21-8-16(26(34)31-3-2-20(32)14-31)9-22-23(33)13-24(36-25(21)22)30-4-6-35-7-5-30;1-12(25-16-9-14(23)8-15(24)10-16)17-6-13(22(28)29)7-18-19(27)11-20(31-21(17)18)26-2-4-30-5-3-26/h8-13,15,20,26,29,32,34H,2-7,14H2,1H3;6-12,25H,2-5H2,1H3,(H,28,29)/t15?,20-,26?;/m0./s1. The number of carboxylic acids is 1. The van der Waals surface area contributed by atoms with Crippen LogP contribution in [0.4, 0.5) is 40.7 Å². The van der Waals surface area contributed by atoms with Crippen molar-refractivity contribution in [3.63, 3.8) is 0 Å². The Morgan fingerprint density at radius 2 is 1.09 bits per heavy atom. The van der Waals surface area contributed by atoms with Crippen LogP contribution in [0.5, 0.6) is 0 Å². The number of β-amino-alcohol motifs (C(OH)–C–C–N with tert-alkyl or cyclic N) is 1. The fourth-order valence-corrected chi connectivity index (χ4v) is 8.49. The highest BCUT2D eigenvalue weighted by atomic mass is 19.1. The van der Waals surface area contributed by atoms with E-state index in [1.165, 1.54) is 36.4 Å². The van der Waals surface area contributed by atoms with Gasteiger partial charge in [0.05, 0.1) is 61.0 Å². The summed E-state index contributed by atoms with van der Waals surface area (Å²) in [7, 11) is 0. The summed E-state index contributed by atoms with van der Waals surface area (Å²) < 4.78 is 77.8. The minimum Gasteiger partial charge on any atom is -0.478 e. The molecule has 3 aliphatic rings. The number of ether oxygens (including phenoxy) is 2. The van der Waals surface area contributed by atoms with Crippen molar-refractivity contribution in [2.24, 2.45) is 0 Å². The second kappa shape index (κ2) is 20.2. The maximum atomic E-state index is 13.8. The van der Waals surface area contributed by atoms with Gasteiger partial charge in [0.1, 0.15) is 40.7 Å². The molecule has 0 amide bonds. The number of benzene rings is 4. The Labute approximate surface area is 380 Å². The zero-order valence-corrected chi connectivity index (χ0v) is 36.6. The predicted octanol–water partition coefficient (Wildman–Crippen LogP) is 6.92. The van der Waals surface area contributed by atoms with Crippen molar-refractivity contribution >= 4 is 51.1 Å². The van der Waals surface area contributed by atoms with Gasteiger partial charge < -0.3 is 54.1 Å². The molecule has 3 unspecified atom stereocenters. The van der Waals surface area contributed by atoms with Gasteiger partial charge in [-0.3, -0.25) is 14.5 Å². The number of likely N-dealkylation sites (tertiary alicyclic amines) is 1. The van der Waals surface area contributed by atoms with Crippen LogP contribution in [0.15, 0.2) is 91.2 Å². The highest BCUT2D eigenvalue weighted by Crippen LogP contribution is 2.35.